The van der Waals surface area contributed by atoms with Gasteiger partial charge in [-0.1, -0.05) is 42.5 Å². The van der Waals surface area contributed by atoms with Crippen molar-refractivity contribution >= 4 is 21.8 Å². The molecule has 3 rings (SSSR count). The molecule has 0 aliphatic carbocycles. The Labute approximate surface area is 205 Å². The van der Waals surface area contributed by atoms with Crippen molar-refractivity contribution < 1.29 is 27.4 Å². The average Bonchev–Trinajstić information content (AvgIpc) is 2.85. The maximum Gasteiger partial charge on any atom is 0.307 e. The molecular formula is C25H29N3O6S. The smallest absolute Gasteiger partial charge is 0.307 e. The molecular weight excluding hydrogens is 470 g/mol. The standard InChI is InChI=1S/C25H29N3O6S/c1-2-33-25(29)19-23(20-10-4-3-5-11-20)27-35(31,32)22-13-8-12-21(18-22)34-17-9-15-26-24-14-6-7-16-28(24)30/h3-8,10-14,16,18,23,26-27H,2,9,15,17,19H2,1H3. The van der Waals surface area contributed by atoms with E-state index < -0.39 is 22.0 Å². The second kappa shape index (κ2) is 12.7. The lowest BCUT2D eigenvalue weighted by molar-refractivity contribution is -0.590. The van der Waals surface area contributed by atoms with Gasteiger partial charge in [-0.25, -0.2) is 17.9 Å². The van der Waals surface area contributed by atoms with Gasteiger partial charge >= 0.3 is 5.97 Å². The molecule has 0 spiro atoms. The van der Waals surface area contributed by atoms with Gasteiger partial charge < -0.3 is 14.7 Å². The Morgan fingerprint density at radius 2 is 1.83 bits per heavy atom. The van der Waals surface area contributed by atoms with Crippen molar-refractivity contribution in [3.63, 3.8) is 0 Å². The number of nitrogens with zero attached hydrogens (tertiary/aromatic N) is 1. The van der Waals surface area contributed by atoms with Gasteiger partial charge in [-0.15, -0.1) is 0 Å². The SMILES string of the molecule is CCOC(=O)CC(NS(=O)(=O)c1cccc(OCCCNc2cccc[n+]2[O-])c1)c1ccccc1. The van der Waals surface area contributed by atoms with Gasteiger partial charge in [-0.05, 0) is 30.7 Å². The second-order valence-corrected chi connectivity index (χ2v) is 9.32. The number of ether oxygens (including phenoxy) is 2. The van der Waals surface area contributed by atoms with Crippen molar-refractivity contribution in [1.29, 1.82) is 0 Å². The van der Waals surface area contributed by atoms with E-state index in [2.05, 4.69) is 10.0 Å². The molecule has 35 heavy (non-hydrogen) atoms. The van der Waals surface area contributed by atoms with E-state index in [4.69, 9.17) is 9.47 Å². The molecule has 0 aliphatic rings. The van der Waals surface area contributed by atoms with E-state index >= 15 is 0 Å². The molecule has 2 aromatic carbocycles. The number of pyridine rings is 1. The molecule has 1 unspecified atom stereocenters. The third-order valence-electron chi connectivity index (χ3n) is 5.01. The van der Waals surface area contributed by atoms with Crippen LogP contribution in [0.2, 0.25) is 0 Å². The zero-order valence-electron chi connectivity index (χ0n) is 19.4. The van der Waals surface area contributed by atoms with Crippen molar-refractivity contribution in [2.45, 2.75) is 30.7 Å². The highest BCUT2D eigenvalue weighted by Crippen LogP contribution is 2.23. The molecule has 0 amide bonds. The second-order valence-electron chi connectivity index (χ2n) is 7.61. The highest BCUT2D eigenvalue weighted by atomic mass is 32.2. The van der Waals surface area contributed by atoms with E-state index in [1.807, 2.05) is 6.07 Å². The first-order chi connectivity index (χ1) is 16.9. The predicted molar refractivity (Wildman–Crippen MR) is 131 cm³/mol. The zero-order chi connectivity index (χ0) is 25.1. The molecule has 1 heterocycles. The van der Waals surface area contributed by atoms with Gasteiger partial charge in [0.15, 0.2) is 0 Å². The molecule has 0 saturated heterocycles. The Bertz CT molecular complexity index is 1200. The van der Waals surface area contributed by atoms with Crippen molar-refractivity contribution in [3.05, 3.63) is 89.8 Å². The highest BCUT2D eigenvalue weighted by Gasteiger charge is 2.24. The minimum atomic E-state index is -3.95. The molecule has 0 radical (unpaired) electrons. The molecule has 0 fully saturated rings. The summed E-state index contributed by atoms with van der Waals surface area (Å²) in [6.07, 6.45) is 1.87. The molecule has 0 saturated carbocycles. The number of hydrogen-bond acceptors (Lipinski definition) is 7. The number of anilines is 1. The van der Waals surface area contributed by atoms with Gasteiger partial charge in [0.1, 0.15) is 5.75 Å². The first-order valence-electron chi connectivity index (χ1n) is 11.3. The van der Waals surface area contributed by atoms with Crippen LogP contribution >= 0.6 is 0 Å². The molecule has 3 aromatic rings. The first kappa shape index (κ1) is 26.0. The average molecular weight is 500 g/mol. The van der Waals surface area contributed by atoms with Gasteiger partial charge in [-0.3, -0.25) is 10.1 Å². The largest absolute Gasteiger partial charge is 0.711 e. The van der Waals surface area contributed by atoms with Crippen molar-refractivity contribution in [3.8, 4) is 5.75 Å². The van der Waals surface area contributed by atoms with Crippen LogP contribution in [0.25, 0.3) is 0 Å². The summed E-state index contributed by atoms with van der Waals surface area (Å²) in [6.45, 7) is 2.75. The number of sulfonamides is 1. The van der Waals surface area contributed by atoms with Crippen LogP contribution in [-0.4, -0.2) is 34.1 Å². The fourth-order valence-electron chi connectivity index (χ4n) is 3.33. The van der Waals surface area contributed by atoms with Crippen LogP contribution < -0.4 is 19.5 Å². The molecule has 1 atom stereocenters. The lowest BCUT2D eigenvalue weighted by Gasteiger charge is -2.19. The topological polar surface area (TPSA) is 121 Å². The Hall–Kier alpha value is -3.63. The van der Waals surface area contributed by atoms with Crippen LogP contribution in [-0.2, 0) is 19.6 Å². The maximum atomic E-state index is 13.1. The van der Waals surface area contributed by atoms with E-state index in [-0.39, 0.29) is 17.9 Å². The quantitative estimate of drug-likeness (QED) is 0.160. The van der Waals surface area contributed by atoms with E-state index in [9.17, 15) is 18.4 Å². The zero-order valence-corrected chi connectivity index (χ0v) is 20.2. The summed E-state index contributed by atoms with van der Waals surface area (Å²) in [5.41, 5.74) is 0.654. The summed E-state index contributed by atoms with van der Waals surface area (Å²) < 4.78 is 40.3. The van der Waals surface area contributed by atoms with Gasteiger partial charge in [0, 0.05) is 18.6 Å². The first-order valence-corrected chi connectivity index (χ1v) is 12.7. The number of benzene rings is 2. The molecule has 1 aromatic heterocycles. The van der Waals surface area contributed by atoms with E-state index in [0.717, 1.165) is 4.73 Å². The third-order valence-corrected chi connectivity index (χ3v) is 6.48. The summed E-state index contributed by atoms with van der Waals surface area (Å²) in [6, 6.07) is 19.4. The van der Waals surface area contributed by atoms with Crippen LogP contribution in [0.15, 0.2) is 83.9 Å². The summed E-state index contributed by atoms with van der Waals surface area (Å²) >= 11 is 0. The summed E-state index contributed by atoms with van der Waals surface area (Å²) in [5.74, 6) is 0.350. The summed E-state index contributed by atoms with van der Waals surface area (Å²) in [4.78, 5) is 12.1. The molecule has 2 N–H and O–H groups in total. The fourth-order valence-corrected chi connectivity index (χ4v) is 4.59. The van der Waals surface area contributed by atoms with Gasteiger partial charge in [0.25, 0.3) is 5.82 Å². The Balaban J connectivity index is 1.61. The number of rotatable bonds is 13. The van der Waals surface area contributed by atoms with E-state index in [0.29, 0.717) is 36.7 Å². The van der Waals surface area contributed by atoms with E-state index in [1.54, 1.807) is 61.5 Å². The number of aromatic nitrogens is 1. The molecule has 186 valence electrons. The minimum Gasteiger partial charge on any atom is -0.711 e. The summed E-state index contributed by atoms with van der Waals surface area (Å²) in [7, 11) is -3.95. The maximum absolute atomic E-state index is 13.1. The van der Waals surface area contributed by atoms with Crippen LogP contribution in [0.1, 0.15) is 31.4 Å². The predicted octanol–water partition coefficient (Wildman–Crippen LogP) is 3.17. The number of carbonyl (C=O) groups excluding carboxylic acids is 1. The molecule has 0 aliphatic heterocycles. The Kier molecular flexibility index (Phi) is 9.45. The third kappa shape index (κ3) is 7.97. The number of esters is 1. The Morgan fingerprint density at radius 1 is 1.06 bits per heavy atom. The van der Waals surface area contributed by atoms with Crippen molar-refractivity contribution in [1.82, 2.24) is 4.72 Å². The van der Waals surface area contributed by atoms with Crippen LogP contribution in [0.5, 0.6) is 5.75 Å². The number of hydrogen-bond donors (Lipinski definition) is 2. The van der Waals surface area contributed by atoms with Gasteiger partial charge in [0.2, 0.25) is 10.0 Å². The number of nitrogens with one attached hydrogen (secondary N) is 2. The van der Waals surface area contributed by atoms with Crippen LogP contribution in [0.4, 0.5) is 5.82 Å². The van der Waals surface area contributed by atoms with Crippen molar-refractivity contribution in [2.75, 3.05) is 25.1 Å². The number of carbonyl (C=O) groups is 1. The van der Waals surface area contributed by atoms with Crippen LogP contribution in [0, 0.1) is 5.21 Å². The lowest BCUT2D eigenvalue weighted by Crippen LogP contribution is -2.30. The van der Waals surface area contributed by atoms with Gasteiger partial charge in [0.05, 0.1) is 43.3 Å². The molecule has 10 heteroatoms. The summed E-state index contributed by atoms with van der Waals surface area (Å²) in [5, 5.41) is 14.7. The monoisotopic (exact) mass is 499 g/mol. The lowest BCUT2D eigenvalue weighted by atomic mass is 10.1. The van der Waals surface area contributed by atoms with Crippen molar-refractivity contribution in [2.24, 2.45) is 0 Å². The minimum absolute atomic E-state index is 0.0228. The highest BCUT2D eigenvalue weighted by molar-refractivity contribution is 7.89. The Morgan fingerprint density at radius 3 is 2.57 bits per heavy atom. The van der Waals surface area contributed by atoms with Gasteiger partial charge in [-0.2, -0.15) is 0 Å². The molecule has 9 nitrogen and oxygen atoms in total. The molecule has 0 bridgehead atoms. The normalized spacial score (nSPS) is 12.0. The van der Waals surface area contributed by atoms with E-state index in [1.165, 1.54) is 18.3 Å². The fraction of sp³-hybridized carbons (Fsp3) is 0.280. The van der Waals surface area contributed by atoms with Crippen LogP contribution in [0.3, 0.4) is 0 Å².